The highest BCUT2D eigenvalue weighted by Crippen LogP contribution is 2.31. The number of halogens is 1. The van der Waals surface area contributed by atoms with E-state index in [0.29, 0.717) is 26.1 Å². The maximum atomic E-state index is 12.0. The number of carbonyl (C=O) groups excluding carboxylic acids is 1. The lowest BCUT2D eigenvalue weighted by atomic mass is 10.1. The molecule has 0 unspecified atom stereocenters. The van der Waals surface area contributed by atoms with E-state index >= 15 is 0 Å². The highest BCUT2D eigenvalue weighted by Gasteiger charge is 2.12. The molecule has 0 fully saturated rings. The van der Waals surface area contributed by atoms with Gasteiger partial charge in [-0.25, -0.2) is 0 Å². The zero-order chi connectivity index (χ0) is 15.4. The molecule has 0 bridgehead atoms. The van der Waals surface area contributed by atoms with Gasteiger partial charge in [0.1, 0.15) is 13.2 Å². The molecule has 1 heterocycles. The number of fused-ring (bicyclic) bond motifs is 1. The summed E-state index contributed by atoms with van der Waals surface area (Å²) < 4.78 is 12.2. The van der Waals surface area contributed by atoms with Crippen molar-refractivity contribution < 1.29 is 14.3 Å². The molecule has 0 aromatic heterocycles. The van der Waals surface area contributed by atoms with Crippen molar-refractivity contribution in [3.05, 3.63) is 51.6 Å². The fourth-order valence-corrected chi connectivity index (χ4v) is 2.62. The van der Waals surface area contributed by atoms with Crippen LogP contribution in [0.4, 0.5) is 5.69 Å². The van der Waals surface area contributed by atoms with Gasteiger partial charge in [-0.2, -0.15) is 0 Å². The fraction of sp³-hybridized carbons (Fsp3) is 0.235. The van der Waals surface area contributed by atoms with Crippen LogP contribution in [-0.4, -0.2) is 19.1 Å². The van der Waals surface area contributed by atoms with Gasteiger partial charge in [-0.15, -0.1) is 0 Å². The number of ether oxygens (including phenoxy) is 2. The van der Waals surface area contributed by atoms with Crippen molar-refractivity contribution in [1.82, 2.24) is 0 Å². The third-order valence-corrected chi connectivity index (χ3v) is 4.09. The summed E-state index contributed by atoms with van der Waals surface area (Å²) in [5.74, 6) is 1.55. The number of hydrogen-bond donors (Lipinski definition) is 1. The molecule has 0 aliphatic carbocycles. The first kappa shape index (κ1) is 15.1. The Hall–Kier alpha value is -1.76. The Bertz CT molecular complexity index is 670. The number of amides is 1. The van der Waals surface area contributed by atoms with Crippen LogP contribution >= 0.6 is 22.6 Å². The first-order chi connectivity index (χ1) is 10.7. The Labute approximate surface area is 143 Å². The van der Waals surface area contributed by atoms with Crippen LogP contribution in [0.2, 0.25) is 0 Å². The largest absolute Gasteiger partial charge is 0.486 e. The van der Waals surface area contributed by atoms with E-state index in [1.807, 2.05) is 42.5 Å². The quantitative estimate of drug-likeness (QED) is 0.785. The van der Waals surface area contributed by atoms with Gasteiger partial charge in [-0.05, 0) is 71.0 Å². The van der Waals surface area contributed by atoms with Gasteiger partial charge in [0.25, 0.3) is 0 Å². The Balaban J connectivity index is 1.55. The second-order valence-electron chi connectivity index (χ2n) is 5.03. The molecule has 5 heteroatoms. The zero-order valence-electron chi connectivity index (χ0n) is 12.0. The van der Waals surface area contributed by atoms with Crippen molar-refractivity contribution in [1.29, 1.82) is 0 Å². The predicted molar refractivity (Wildman–Crippen MR) is 93.5 cm³/mol. The maximum Gasteiger partial charge on any atom is 0.224 e. The number of rotatable bonds is 4. The van der Waals surface area contributed by atoms with E-state index in [4.69, 9.17) is 9.47 Å². The van der Waals surface area contributed by atoms with Crippen LogP contribution in [0.1, 0.15) is 12.0 Å². The van der Waals surface area contributed by atoms with E-state index < -0.39 is 0 Å². The topological polar surface area (TPSA) is 47.6 Å². The lowest BCUT2D eigenvalue weighted by molar-refractivity contribution is -0.116. The van der Waals surface area contributed by atoms with Gasteiger partial charge >= 0.3 is 0 Å². The molecule has 0 spiro atoms. The standard InChI is InChI=1S/C17H16INO3/c18-13-3-5-14(6-4-13)19-17(20)8-2-12-1-7-15-16(11-12)22-10-9-21-15/h1,3-7,11H,2,8-10H2,(H,19,20). The van der Waals surface area contributed by atoms with Crippen molar-refractivity contribution in [3.8, 4) is 11.5 Å². The first-order valence-corrected chi connectivity index (χ1v) is 8.22. The number of benzene rings is 2. The highest BCUT2D eigenvalue weighted by molar-refractivity contribution is 14.1. The number of aryl methyl sites for hydroxylation is 1. The smallest absolute Gasteiger partial charge is 0.224 e. The Morgan fingerprint density at radius 1 is 1.05 bits per heavy atom. The third kappa shape index (κ3) is 3.91. The van der Waals surface area contributed by atoms with Gasteiger partial charge in [-0.3, -0.25) is 4.79 Å². The van der Waals surface area contributed by atoms with Crippen molar-refractivity contribution in [2.75, 3.05) is 18.5 Å². The van der Waals surface area contributed by atoms with E-state index in [0.717, 1.165) is 26.3 Å². The first-order valence-electron chi connectivity index (χ1n) is 7.15. The van der Waals surface area contributed by atoms with E-state index in [2.05, 4.69) is 27.9 Å². The zero-order valence-corrected chi connectivity index (χ0v) is 14.1. The van der Waals surface area contributed by atoms with Crippen LogP contribution in [0.3, 0.4) is 0 Å². The summed E-state index contributed by atoms with van der Waals surface area (Å²) in [5.41, 5.74) is 1.90. The number of nitrogens with one attached hydrogen (secondary N) is 1. The van der Waals surface area contributed by atoms with Gasteiger partial charge in [0.2, 0.25) is 5.91 Å². The Kier molecular flexibility index (Phi) is 4.82. The SMILES string of the molecule is O=C(CCc1ccc2c(c1)OCCO2)Nc1ccc(I)cc1. The molecule has 0 saturated carbocycles. The molecule has 0 saturated heterocycles. The van der Waals surface area contributed by atoms with Crippen LogP contribution in [0.5, 0.6) is 11.5 Å². The third-order valence-electron chi connectivity index (χ3n) is 3.38. The minimum Gasteiger partial charge on any atom is -0.486 e. The normalized spacial score (nSPS) is 12.8. The number of anilines is 1. The molecular weight excluding hydrogens is 393 g/mol. The van der Waals surface area contributed by atoms with Crippen molar-refractivity contribution >= 4 is 34.2 Å². The van der Waals surface area contributed by atoms with Gasteiger partial charge in [0.15, 0.2) is 11.5 Å². The summed E-state index contributed by atoms with van der Waals surface area (Å²) in [4.78, 5) is 12.0. The molecule has 2 aromatic rings. The van der Waals surface area contributed by atoms with Crippen molar-refractivity contribution in [2.45, 2.75) is 12.8 Å². The predicted octanol–water partition coefficient (Wildman–Crippen LogP) is 3.63. The molecule has 1 amide bonds. The molecule has 0 atom stereocenters. The van der Waals surface area contributed by atoms with Crippen molar-refractivity contribution in [3.63, 3.8) is 0 Å². The van der Waals surface area contributed by atoms with Gasteiger partial charge < -0.3 is 14.8 Å². The van der Waals surface area contributed by atoms with Crippen LogP contribution in [0.25, 0.3) is 0 Å². The number of hydrogen-bond acceptors (Lipinski definition) is 3. The Morgan fingerprint density at radius 2 is 1.77 bits per heavy atom. The van der Waals surface area contributed by atoms with Gasteiger partial charge in [-0.1, -0.05) is 6.07 Å². The van der Waals surface area contributed by atoms with Crippen LogP contribution < -0.4 is 14.8 Å². The van der Waals surface area contributed by atoms with E-state index in [1.165, 1.54) is 0 Å². The molecule has 4 nitrogen and oxygen atoms in total. The van der Waals surface area contributed by atoms with Crippen LogP contribution in [0, 0.1) is 3.57 Å². The molecule has 0 radical (unpaired) electrons. The minimum atomic E-state index is 0.0103. The average Bonchev–Trinajstić information content (AvgIpc) is 2.55. The van der Waals surface area contributed by atoms with E-state index in [1.54, 1.807) is 0 Å². The second-order valence-corrected chi connectivity index (χ2v) is 6.28. The van der Waals surface area contributed by atoms with Gasteiger partial charge in [0, 0.05) is 15.7 Å². The molecule has 114 valence electrons. The molecule has 1 aliphatic rings. The summed E-state index contributed by atoms with van der Waals surface area (Å²) in [6, 6.07) is 13.6. The summed E-state index contributed by atoms with van der Waals surface area (Å²) >= 11 is 2.24. The van der Waals surface area contributed by atoms with Crippen LogP contribution in [0.15, 0.2) is 42.5 Å². The molecule has 1 aliphatic heterocycles. The van der Waals surface area contributed by atoms with E-state index in [-0.39, 0.29) is 5.91 Å². The van der Waals surface area contributed by atoms with Crippen molar-refractivity contribution in [2.24, 2.45) is 0 Å². The monoisotopic (exact) mass is 409 g/mol. The maximum absolute atomic E-state index is 12.0. The summed E-state index contributed by atoms with van der Waals surface area (Å²) in [6.07, 6.45) is 1.11. The number of carbonyl (C=O) groups is 1. The fourth-order valence-electron chi connectivity index (χ4n) is 2.26. The summed E-state index contributed by atoms with van der Waals surface area (Å²) in [7, 11) is 0. The Morgan fingerprint density at radius 3 is 2.55 bits per heavy atom. The summed E-state index contributed by atoms with van der Waals surface area (Å²) in [5, 5.41) is 2.90. The molecular formula is C17H16INO3. The summed E-state index contributed by atoms with van der Waals surface area (Å²) in [6.45, 7) is 1.16. The molecule has 22 heavy (non-hydrogen) atoms. The lowest BCUT2D eigenvalue weighted by Gasteiger charge is -2.18. The molecule has 1 N–H and O–H groups in total. The van der Waals surface area contributed by atoms with Gasteiger partial charge in [0.05, 0.1) is 0 Å². The average molecular weight is 409 g/mol. The lowest BCUT2D eigenvalue weighted by Crippen LogP contribution is -2.15. The van der Waals surface area contributed by atoms with E-state index in [9.17, 15) is 4.79 Å². The minimum absolute atomic E-state index is 0.0103. The molecule has 3 rings (SSSR count). The highest BCUT2D eigenvalue weighted by atomic mass is 127. The second kappa shape index (κ2) is 7.00. The van der Waals surface area contributed by atoms with Crippen LogP contribution in [-0.2, 0) is 11.2 Å². The molecule has 2 aromatic carbocycles.